The molecule has 0 fully saturated rings. The van der Waals surface area contributed by atoms with Crippen molar-refractivity contribution in [3.8, 4) is 0 Å². The fourth-order valence-corrected chi connectivity index (χ4v) is 4.13. The molecule has 1 aromatic heterocycles. The van der Waals surface area contributed by atoms with E-state index in [1.165, 1.54) is 23.5 Å². The van der Waals surface area contributed by atoms with E-state index < -0.39 is 4.92 Å². The van der Waals surface area contributed by atoms with Crippen LogP contribution in [0.4, 0.5) is 5.69 Å². The number of aryl methyl sites for hydroxylation is 2. The molecule has 7 nitrogen and oxygen atoms in total. The number of carbonyl (C=O) groups is 1. The summed E-state index contributed by atoms with van der Waals surface area (Å²) in [5.41, 5.74) is 3.79. The summed E-state index contributed by atoms with van der Waals surface area (Å²) < 4.78 is 8.10. The molecule has 0 N–H and O–H groups in total. The van der Waals surface area contributed by atoms with Crippen LogP contribution in [0.3, 0.4) is 0 Å². The molecule has 2 aromatic carbocycles. The Hall–Kier alpha value is -2.84. The first-order valence-electron chi connectivity index (χ1n) is 9.38. The van der Waals surface area contributed by atoms with E-state index in [2.05, 4.69) is 4.99 Å². The Balaban J connectivity index is 2.01. The van der Waals surface area contributed by atoms with Gasteiger partial charge >= 0.3 is 0 Å². The largest absolute Gasteiger partial charge is 0.380 e. The first kappa shape index (κ1) is 20.9. The van der Waals surface area contributed by atoms with Gasteiger partial charge in [-0.3, -0.25) is 14.9 Å². The highest BCUT2D eigenvalue weighted by Crippen LogP contribution is 2.23. The number of benzene rings is 2. The Bertz CT molecular complexity index is 1130. The van der Waals surface area contributed by atoms with Crippen LogP contribution in [0.15, 0.2) is 41.4 Å². The SMILES string of the molecule is CCOCCn1c(=NC(=O)Cc2cc(C)ccc2C)sc2ccc([N+](=O)[O-])cc21. The van der Waals surface area contributed by atoms with Crippen LogP contribution in [0.2, 0.25) is 0 Å². The van der Waals surface area contributed by atoms with Gasteiger partial charge in [-0.25, -0.2) is 0 Å². The zero-order valence-corrected chi connectivity index (χ0v) is 17.5. The number of non-ortho nitro benzene ring substituents is 1. The first-order chi connectivity index (χ1) is 13.9. The number of carbonyl (C=O) groups excluding carboxylic acids is 1. The van der Waals surface area contributed by atoms with Crippen LogP contribution in [0.5, 0.6) is 0 Å². The number of thiazole rings is 1. The Morgan fingerprint density at radius 2 is 2.03 bits per heavy atom. The van der Waals surface area contributed by atoms with Crippen molar-refractivity contribution in [3.63, 3.8) is 0 Å². The lowest BCUT2D eigenvalue weighted by Crippen LogP contribution is -2.20. The number of hydrogen-bond acceptors (Lipinski definition) is 5. The molecule has 0 saturated carbocycles. The topological polar surface area (TPSA) is 86.7 Å². The zero-order chi connectivity index (χ0) is 21.0. The molecule has 29 heavy (non-hydrogen) atoms. The molecule has 0 bridgehead atoms. The minimum Gasteiger partial charge on any atom is -0.380 e. The van der Waals surface area contributed by atoms with Crippen molar-refractivity contribution >= 4 is 33.1 Å². The van der Waals surface area contributed by atoms with E-state index in [-0.39, 0.29) is 18.0 Å². The van der Waals surface area contributed by atoms with Crippen molar-refractivity contribution in [2.45, 2.75) is 33.7 Å². The maximum atomic E-state index is 12.7. The fourth-order valence-electron chi connectivity index (χ4n) is 3.07. The van der Waals surface area contributed by atoms with Gasteiger partial charge < -0.3 is 9.30 Å². The standard InChI is InChI=1S/C21H23N3O4S/c1-4-28-10-9-23-18-13-17(24(26)27)7-8-19(18)29-21(23)22-20(25)12-16-11-14(2)5-6-15(16)3/h5-8,11,13H,4,9-10,12H2,1-3H3. The average Bonchev–Trinajstić information content (AvgIpc) is 3.01. The molecule has 1 heterocycles. The summed E-state index contributed by atoms with van der Waals surface area (Å²) in [6, 6.07) is 10.7. The summed E-state index contributed by atoms with van der Waals surface area (Å²) in [5.74, 6) is -0.245. The summed E-state index contributed by atoms with van der Waals surface area (Å²) in [7, 11) is 0. The molecule has 8 heteroatoms. The van der Waals surface area contributed by atoms with Gasteiger partial charge in [0.05, 0.1) is 28.2 Å². The Morgan fingerprint density at radius 3 is 2.76 bits per heavy atom. The van der Waals surface area contributed by atoms with Gasteiger partial charge in [0.1, 0.15) is 0 Å². The van der Waals surface area contributed by atoms with Gasteiger partial charge in [0, 0.05) is 25.3 Å². The minimum atomic E-state index is -0.424. The third-order valence-electron chi connectivity index (χ3n) is 4.61. The second kappa shape index (κ2) is 9.11. The highest BCUT2D eigenvalue weighted by atomic mass is 32.1. The molecule has 3 rings (SSSR count). The number of nitro benzene ring substituents is 1. The zero-order valence-electron chi connectivity index (χ0n) is 16.7. The Labute approximate surface area is 172 Å². The number of fused-ring (bicyclic) bond motifs is 1. The quantitative estimate of drug-likeness (QED) is 0.334. The summed E-state index contributed by atoms with van der Waals surface area (Å²) in [6.45, 7) is 7.34. The first-order valence-corrected chi connectivity index (χ1v) is 10.2. The van der Waals surface area contributed by atoms with Gasteiger partial charge in [-0.2, -0.15) is 4.99 Å². The van der Waals surface area contributed by atoms with Crippen molar-refractivity contribution in [2.24, 2.45) is 4.99 Å². The number of hydrogen-bond donors (Lipinski definition) is 0. The van der Waals surface area contributed by atoms with Gasteiger partial charge in [0.15, 0.2) is 4.80 Å². The van der Waals surface area contributed by atoms with Crippen LogP contribution < -0.4 is 4.80 Å². The maximum absolute atomic E-state index is 12.7. The van der Waals surface area contributed by atoms with Crippen LogP contribution in [0.1, 0.15) is 23.6 Å². The van der Waals surface area contributed by atoms with Gasteiger partial charge in [-0.15, -0.1) is 0 Å². The highest BCUT2D eigenvalue weighted by Gasteiger charge is 2.13. The van der Waals surface area contributed by atoms with Crippen molar-refractivity contribution in [1.82, 2.24) is 4.57 Å². The third kappa shape index (κ3) is 4.96. The normalized spacial score (nSPS) is 11.9. The molecule has 0 unspecified atom stereocenters. The summed E-state index contributed by atoms with van der Waals surface area (Å²) in [5, 5.41) is 11.2. The van der Waals surface area contributed by atoms with Crippen molar-refractivity contribution in [2.75, 3.05) is 13.2 Å². The van der Waals surface area contributed by atoms with Crippen LogP contribution >= 0.6 is 11.3 Å². The molecule has 0 aliphatic rings. The van der Waals surface area contributed by atoms with Crippen LogP contribution in [0.25, 0.3) is 10.2 Å². The number of rotatable bonds is 7. The van der Waals surface area contributed by atoms with E-state index in [0.717, 1.165) is 21.4 Å². The molecule has 0 saturated heterocycles. The van der Waals surface area contributed by atoms with Crippen LogP contribution in [0, 0.1) is 24.0 Å². The van der Waals surface area contributed by atoms with Gasteiger partial charge in [-0.05, 0) is 38.0 Å². The molecular formula is C21H23N3O4S. The second-order valence-electron chi connectivity index (χ2n) is 6.75. The monoisotopic (exact) mass is 413 g/mol. The van der Waals surface area contributed by atoms with Gasteiger partial charge in [-0.1, -0.05) is 35.1 Å². The van der Waals surface area contributed by atoms with Crippen molar-refractivity contribution in [1.29, 1.82) is 0 Å². The Morgan fingerprint density at radius 1 is 1.24 bits per heavy atom. The number of amides is 1. The average molecular weight is 413 g/mol. The van der Waals surface area contributed by atoms with E-state index in [1.54, 1.807) is 6.07 Å². The molecule has 0 atom stereocenters. The third-order valence-corrected chi connectivity index (χ3v) is 5.67. The molecule has 0 aliphatic carbocycles. The maximum Gasteiger partial charge on any atom is 0.271 e. The molecular weight excluding hydrogens is 390 g/mol. The lowest BCUT2D eigenvalue weighted by atomic mass is 10.0. The lowest BCUT2D eigenvalue weighted by molar-refractivity contribution is -0.384. The Kier molecular flexibility index (Phi) is 6.56. The minimum absolute atomic E-state index is 0.00808. The van der Waals surface area contributed by atoms with E-state index >= 15 is 0 Å². The predicted octanol–water partition coefficient (Wildman–Crippen LogP) is 3.93. The van der Waals surface area contributed by atoms with Gasteiger partial charge in [0.2, 0.25) is 0 Å². The van der Waals surface area contributed by atoms with E-state index in [1.807, 2.05) is 43.5 Å². The van der Waals surface area contributed by atoms with E-state index in [0.29, 0.717) is 30.1 Å². The van der Waals surface area contributed by atoms with Crippen LogP contribution in [-0.4, -0.2) is 28.6 Å². The summed E-state index contributed by atoms with van der Waals surface area (Å²) >= 11 is 1.35. The highest BCUT2D eigenvalue weighted by molar-refractivity contribution is 7.16. The summed E-state index contributed by atoms with van der Waals surface area (Å²) in [4.78, 5) is 28.3. The smallest absolute Gasteiger partial charge is 0.271 e. The molecule has 0 radical (unpaired) electrons. The molecule has 3 aromatic rings. The molecule has 0 aliphatic heterocycles. The number of aromatic nitrogens is 1. The van der Waals surface area contributed by atoms with Crippen molar-refractivity contribution in [3.05, 3.63) is 68.0 Å². The van der Waals surface area contributed by atoms with Crippen molar-refractivity contribution < 1.29 is 14.5 Å². The van der Waals surface area contributed by atoms with E-state index in [9.17, 15) is 14.9 Å². The molecule has 0 spiro atoms. The molecule has 1 amide bonds. The number of ether oxygens (including phenoxy) is 1. The van der Waals surface area contributed by atoms with Crippen LogP contribution in [-0.2, 0) is 22.5 Å². The fraction of sp³-hybridized carbons (Fsp3) is 0.333. The second-order valence-corrected chi connectivity index (χ2v) is 7.76. The number of nitrogens with zero attached hydrogens (tertiary/aromatic N) is 3. The summed E-state index contributed by atoms with van der Waals surface area (Å²) in [6.07, 6.45) is 0.216. The van der Waals surface area contributed by atoms with Gasteiger partial charge in [0.25, 0.3) is 11.6 Å². The van der Waals surface area contributed by atoms with E-state index in [4.69, 9.17) is 4.74 Å². The predicted molar refractivity (Wildman–Crippen MR) is 113 cm³/mol. The number of nitro groups is 1. The lowest BCUT2D eigenvalue weighted by Gasteiger charge is -2.06. The molecule has 152 valence electrons.